The highest BCUT2D eigenvalue weighted by molar-refractivity contribution is 6.29. The van der Waals surface area contributed by atoms with Crippen molar-refractivity contribution in [2.75, 3.05) is 12.4 Å². The molecule has 0 fully saturated rings. The lowest BCUT2D eigenvalue weighted by molar-refractivity contribution is 0.413. The van der Waals surface area contributed by atoms with Crippen LogP contribution in [0.25, 0.3) is 5.69 Å². The Balaban J connectivity index is 1.43. The second-order valence-corrected chi connectivity index (χ2v) is 8.30. The molecule has 0 radical (unpaired) electrons. The third kappa shape index (κ3) is 4.28. The van der Waals surface area contributed by atoms with Crippen molar-refractivity contribution in [1.29, 1.82) is 5.26 Å². The number of anilines is 2. The fraction of sp³-hybridized carbons (Fsp3) is 0.250. The van der Waals surface area contributed by atoms with Gasteiger partial charge in [-0.05, 0) is 42.7 Å². The molecule has 9 heteroatoms. The van der Waals surface area contributed by atoms with Crippen LogP contribution in [0.1, 0.15) is 42.1 Å². The molecule has 0 saturated heterocycles. The lowest BCUT2D eigenvalue weighted by atomic mass is 9.93. The SMILES string of the molecule is COc1cc(Nc2nc3n(n2)CCCCC3c2ccc(C#N)cc2)ccc1-n1cnc(Cl)c1. The maximum Gasteiger partial charge on any atom is 0.246 e. The molecule has 1 aliphatic rings. The van der Waals surface area contributed by atoms with E-state index >= 15 is 0 Å². The largest absolute Gasteiger partial charge is 0.494 e. The molecule has 1 unspecified atom stereocenters. The third-order valence-electron chi connectivity index (χ3n) is 5.83. The lowest BCUT2D eigenvalue weighted by Crippen LogP contribution is -2.08. The summed E-state index contributed by atoms with van der Waals surface area (Å²) in [7, 11) is 1.63. The molecule has 0 spiro atoms. The number of methoxy groups -OCH3 is 1. The van der Waals surface area contributed by atoms with Gasteiger partial charge in [-0.15, -0.1) is 5.10 Å². The highest BCUT2D eigenvalue weighted by atomic mass is 35.5. The Bertz CT molecular complexity index is 1320. The summed E-state index contributed by atoms with van der Waals surface area (Å²) < 4.78 is 9.39. The number of rotatable bonds is 5. The van der Waals surface area contributed by atoms with E-state index in [9.17, 15) is 0 Å². The topological polar surface area (TPSA) is 93.6 Å². The number of ether oxygens (including phenoxy) is 1. The molecule has 0 bridgehead atoms. The molecule has 1 N–H and O–H groups in total. The van der Waals surface area contributed by atoms with Crippen LogP contribution < -0.4 is 10.1 Å². The summed E-state index contributed by atoms with van der Waals surface area (Å²) in [5.74, 6) is 2.30. The van der Waals surface area contributed by atoms with E-state index in [1.807, 2.05) is 51.7 Å². The molecule has 2 aromatic heterocycles. The van der Waals surface area contributed by atoms with Gasteiger partial charge < -0.3 is 14.6 Å². The highest BCUT2D eigenvalue weighted by Gasteiger charge is 2.24. The first-order valence-electron chi connectivity index (χ1n) is 10.7. The molecule has 0 saturated carbocycles. The zero-order chi connectivity index (χ0) is 22.8. The Morgan fingerprint density at radius 2 is 2.03 bits per heavy atom. The zero-order valence-corrected chi connectivity index (χ0v) is 18.8. The van der Waals surface area contributed by atoms with Gasteiger partial charge in [0.05, 0.1) is 24.4 Å². The van der Waals surface area contributed by atoms with E-state index in [2.05, 4.69) is 16.4 Å². The first-order valence-corrected chi connectivity index (χ1v) is 11.1. The minimum absolute atomic E-state index is 0.145. The van der Waals surface area contributed by atoms with Gasteiger partial charge >= 0.3 is 0 Å². The Morgan fingerprint density at radius 1 is 1.18 bits per heavy atom. The predicted molar refractivity (Wildman–Crippen MR) is 125 cm³/mol. The van der Waals surface area contributed by atoms with Gasteiger partial charge in [0.2, 0.25) is 5.95 Å². The predicted octanol–water partition coefficient (Wildman–Crippen LogP) is 5.06. The van der Waals surface area contributed by atoms with Crippen molar-refractivity contribution in [2.45, 2.75) is 31.7 Å². The van der Waals surface area contributed by atoms with E-state index in [0.29, 0.717) is 22.4 Å². The Hall–Kier alpha value is -3.83. The first-order chi connectivity index (χ1) is 16.1. The van der Waals surface area contributed by atoms with Gasteiger partial charge in [-0.25, -0.2) is 9.67 Å². The molecule has 166 valence electrons. The van der Waals surface area contributed by atoms with Crippen molar-refractivity contribution in [3.05, 3.63) is 77.1 Å². The first kappa shape index (κ1) is 21.0. The summed E-state index contributed by atoms with van der Waals surface area (Å²) >= 11 is 5.96. The fourth-order valence-electron chi connectivity index (χ4n) is 4.20. The maximum atomic E-state index is 9.10. The molecule has 1 atom stereocenters. The molecular formula is C24H22ClN7O. The minimum Gasteiger partial charge on any atom is -0.494 e. The molecular weight excluding hydrogens is 438 g/mol. The van der Waals surface area contributed by atoms with E-state index < -0.39 is 0 Å². The zero-order valence-electron chi connectivity index (χ0n) is 18.1. The van der Waals surface area contributed by atoms with Gasteiger partial charge in [-0.3, -0.25) is 0 Å². The van der Waals surface area contributed by atoms with Crippen molar-refractivity contribution < 1.29 is 4.74 Å². The Kier molecular flexibility index (Phi) is 5.71. The second-order valence-electron chi connectivity index (χ2n) is 7.91. The molecule has 0 aliphatic carbocycles. The summed E-state index contributed by atoms with van der Waals surface area (Å²) in [5.41, 5.74) is 3.46. The van der Waals surface area contributed by atoms with Gasteiger partial charge in [-0.2, -0.15) is 10.2 Å². The summed E-state index contributed by atoms with van der Waals surface area (Å²) in [6, 6.07) is 15.7. The van der Waals surface area contributed by atoms with Crippen molar-refractivity contribution in [3.63, 3.8) is 0 Å². The van der Waals surface area contributed by atoms with Gasteiger partial charge in [0, 0.05) is 30.4 Å². The average Bonchev–Trinajstić information content (AvgIpc) is 3.39. The number of imidazole rings is 1. The molecule has 5 rings (SSSR count). The van der Waals surface area contributed by atoms with E-state index in [-0.39, 0.29) is 5.92 Å². The smallest absolute Gasteiger partial charge is 0.246 e. The number of fused-ring (bicyclic) bond motifs is 1. The van der Waals surface area contributed by atoms with Gasteiger partial charge in [0.1, 0.15) is 23.1 Å². The quantitative estimate of drug-likeness (QED) is 0.448. The normalized spacial score (nSPS) is 15.4. The van der Waals surface area contributed by atoms with Crippen molar-refractivity contribution in [2.24, 2.45) is 0 Å². The number of nitrogens with one attached hydrogen (secondary N) is 1. The summed E-state index contributed by atoms with van der Waals surface area (Å²) in [6.07, 6.45) is 6.53. The Labute approximate surface area is 196 Å². The summed E-state index contributed by atoms with van der Waals surface area (Å²) in [5, 5.41) is 17.6. The standard InChI is InChI=1S/C24H22ClN7O/c1-33-21-12-18(9-10-20(21)31-14-22(25)27-15-31)28-24-29-23-19(4-2-3-11-32(23)30-24)17-7-5-16(13-26)6-8-17/h5-10,12,14-15,19H,2-4,11H2,1H3,(H,28,30). The van der Waals surface area contributed by atoms with Crippen molar-refractivity contribution >= 4 is 23.2 Å². The molecule has 0 amide bonds. The molecule has 4 aromatic rings. The van der Waals surface area contributed by atoms with Crippen LogP contribution in [0, 0.1) is 11.3 Å². The van der Waals surface area contributed by atoms with Crippen LogP contribution in [0.4, 0.5) is 11.6 Å². The van der Waals surface area contributed by atoms with Crippen molar-refractivity contribution in [1.82, 2.24) is 24.3 Å². The average molecular weight is 460 g/mol. The lowest BCUT2D eigenvalue weighted by Gasteiger charge is -2.14. The van der Waals surface area contributed by atoms with E-state index in [0.717, 1.165) is 48.6 Å². The molecule has 33 heavy (non-hydrogen) atoms. The summed E-state index contributed by atoms with van der Waals surface area (Å²) in [4.78, 5) is 8.91. The van der Waals surface area contributed by atoms with E-state index in [4.69, 9.17) is 31.7 Å². The van der Waals surface area contributed by atoms with Gasteiger partial charge in [-0.1, -0.05) is 30.2 Å². The maximum absolute atomic E-state index is 9.10. The van der Waals surface area contributed by atoms with Crippen molar-refractivity contribution in [3.8, 4) is 17.5 Å². The number of hydrogen-bond donors (Lipinski definition) is 1. The minimum atomic E-state index is 0.145. The van der Waals surface area contributed by atoms with Crippen LogP contribution >= 0.6 is 11.6 Å². The van der Waals surface area contributed by atoms with Crippen LogP contribution in [0.5, 0.6) is 5.75 Å². The van der Waals surface area contributed by atoms with Crippen LogP contribution in [-0.2, 0) is 6.54 Å². The number of nitrogens with zero attached hydrogens (tertiary/aromatic N) is 6. The fourth-order valence-corrected chi connectivity index (χ4v) is 4.35. The monoisotopic (exact) mass is 459 g/mol. The second kappa shape index (κ2) is 8.96. The highest BCUT2D eigenvalue weighted by Crippen LogP contribution is 2.33. The van der Waals surface area contributed by atoms with Gasteiger partial charge in [0.25, 0.3) is 0 Å². The van der Waals surface area contributed by atoms with Crippen LogP contribution in [0.15, 0.2) is 55.0 Å². The van der Waals surface area contributed by atoms with Crippen LogP contribution in [-0.4, -0.2) is 31.4 Å². The molecule has 2 aromatic carbocycles. The number of halogens is 1. The Morgan fingerprint density at radius 3 is 2.76 bits per heavy atom. The van der Waals surface area contributed by atoms with E-state index in [1.54, 1.807) is 19.6 Å². The van der Waals surface area contributed by atoms with Crippen LogP contribution in [0.3, 0.4) is 0 Å². The number of benzene rings is 2. The third-order valence-corrected chi connectivity index (χ3v) is 6.03. The summed E-state index contributed by atoms with van der Waals surface area (Å²) in [6.45, 7) is 0.834. The molecule has 8 nitrogen and oxygen atoms in total. The number of hydrogen-bond acceptors (Lipinski definition) is 6. The molecule has 3 heterocycles. The van der Waals surface area contributed by atoms with Gasteiger partial charge in [0.15, 0.2) is 0 Å². The molecule has 1 aliphatic heterocycles. The van der Waals surface area contributed by atoms with Crippen LogP contribution in [0.2, 0.25) is 5.15 Å². The number of aromatic nitrogens is 5. The number of aryl methyl sites for hydroxylation is 1. The van der Waals surface area contributed by atoms with E-state index in [1.165, 1.54) is 0 Å². The number of nitriles is 1.